The van der Waals surface area contributed by atoms with Crippen molar-refractivity contribution >= 4 is 11.9 Å². The van der Waals surface area contributed by atoms with E-state index in [1.807, 2.05) is 0 Å². The van der Waals surface area contributed by atoms with Crippen LogP contribution in [0.2, 0.25) is 0 Å². The molecule has 3 unspecified atom stereocenters. The Balaban J connectivity index is 4.77. The Morgan fingerprint density at radius 1 is 0.492 bits per heavy atom. The Morgan fingerprint density at radius 2 is 0.937 bits per heavy atom. The number of carbonyl (C=O) groups is 2. The molecule has 3 atom stereocenters. The van der Waals surface area contributed by atoms with Gasteiger partial charge in [-0.15, -0.1) is 0 Å². The zero-order chi connectivity index (χ0) is 45.9. The number of ether oxygens (including phenoxy) is 1. The molecule has 0 aromatic heterocycles. The highest BCUT2D eigenvalue weighted by Gasteiger charge is 2.24. The largest absolute Gasteiger partial charge is 0.462 e. The van der Waals surface area contributed by atoms with Gasteiger partial charge < -0.3 is 20.3 Å². The zero-order valence-corrected chi connectivity index (χ0v) is 40.7. The van der Waals surface area contributed by atoms with Crippen LogP contribution in [0.15, 0.2) is 109 Å². The monoisotopic (exact) mass is 874 g/mol. The number of allylic oxidation sites excluding steroid dienone is 18. The molecule has 0 aliphatic carbocycles. The normalized spacial score (nSPS) is 14.2. The minimum Gasteiger partial charge on any atom is -0.462 e. The average Bonchev–Trinajstić information content (AvgIpc) is 3.28. The van der Waals surface area contributed by atoms with Gasteiger partial charge in [0.25, 0.3) is 0 Å². The molecule has 0 aliphatic rings. The molecule has 0 spiro atoms. The molecule has 0 aromatic rings. The van der Waals surface area contributed by atoms with Crippen LogP contribution in [-0.4, -0.2) is 46.9 Å². The zero-order valence-electron chi connectivity index (χ0n) is 40.7. The molecule has 63 heavy (non-hydrogen) atoms. The van der Waals surface area contributed by atoms with Crippen molar-refractivity contribution in [2.24, 2.45) is 0 Å². The van der Waals surface area contributed by atoms with Crippen LogP contribution in [-0.2, 0) is 14.3 Å². The number of unbranched alkanes of at least 4 members (excludes halogenated alkanes) is 17. The van der Waals surface area contributed by atoms with Gasteiger partial charge in [-0.3, -0.25) is 9.59 Å². The van der Waals surface area contributed by atoms with Gasteiger partial charge in [-0.1, -0.05) is 220 Å². The molecule has 0 saturated heterocycles. The fraction of sp³-hybridized carbons (Fsp3) is 0.649. The van der Waals surface area contributed by atoms with E-state index in [0.717, 1.165) is 109 Å². The van der Waals surface area contributed by atoms with Crippen LogP contribution in [0.3, 0.4) is 0 Å². The van der Waals surface area contributed by atoms with E-state index in [4.69, 9.17) is 4.74 Å². The van der Waals surface area contributed by atoms with Gasteiger partial charge in [-0.25, -0.2) is 0 Å². The number of hydrogen-bond acceptors (Lipinski definition) is 5. The molecule has 0 heterocycles. The van der Waals surface area contributed by atoms with Gasteiger partial charge in [-0.2, -0.15) is 0 Å². The van der Waals surface area contributed by atoms with Crippen molar-refractivity contribution in [3.8, 4) is 0 Å². The molecular weight excluding hydrogens is 779 g/mol. The molecule has 0 fully saturated rings. The van der Waals surface area contributed by atoms with Crippen molar-refractivity contribution < 1.29 is 24.5 Å². The predicted molar refractivity (Wildman–Crippen MR) is 273 cm³/mol. The van der Waals surface area contributed by atoms with Crippen LogP contribution in [0, 0.1) is 0 Å². The summed E-state index contributed by atoms with van der Waals surface area (Å²) in [6.45, 7) is 6.28. The third kappa shape index (κ3) is 44.9. The molecule has 0 rings (SSSR count). The van der Waals surface area contributed by atoms with Crippen LogP contribution < -0.4 is 5.32 Å². The summed E-state index contributed by atoms with van der Waals surface area (Å²) in [7, 11) is 0. The number of carbonyl (C=O) groups excluding carboxylic acids is 2. The minimum atomic E-state index is -0.812. The lowest BCUT2D eigenvalue weighted by molar-refractivity contribution is -0.151. The summed E-state index contributed by atoms with van der Waals surface area (Å²) < 4.78 is 5.89. The van der Waals surface area contributed by atoms with Crippen molar-refractivity contribution in [1.82, 2.24) is 5.32 Å². The minimum absolute atomic E-state index is 0.0217. The third-order valence-corrected chi connectivity index (χ3v) is 10.9. The lowest BCUT2D eigenvalue weighted by Gasteiger charge is -2.24. The standard InChI is InChI=1S/C57H95NO5/c1-4-7-10-13-16-19-21-23-25-27-29-31-33-35-38-41-44-47-50-57(62)63-53(48-45-42-39-37-34-32-30-28-26-24-22-20-17-14-11-8-5-2)51-56(61)58-54(52-59)55(60)49-46-43-40-36-18-15-12-9-6-3/h8,11,16-17,19-21,23-27,29-32,37,39,53-55,59-60H,4-7,9-10,12-15,18,22,28,33-36,38,40-52H2,1-3H3,(H,58,61)/b11-8-,19-16+,20-17-,23-21+,26-24-,27-25+,31-29+,32-30-,39-37-. The van der Waals surface area contributed by atoms with Gasteiger partial charge in [0.15, 0.2) is 0 Å². The number of amides is 1. The van der Waals surface area contributed by atoms with Gasteiger partial charge in [0.2, 0.25) is 5.91 Å². The third-order valence-electron chi connectivity index (χ3n) is 10.9. The fourth-order valence-corrected chi connectivity index (χ4v) is 7.06. The van der Waals surface area contributed by atoms with Crippen molar-refractivity contribution in [3.63, 3.8) is 0 Å². The Labute approximate surface area is 388 Å². The summed E-state index contributed by atoms with van der Waals surface area (Å²) in [6.07, 6.45) is 67.2. The van der Waals surface area contributed by atoms with Gasteiger partial charge in [0.05, 0.1) is 25.2 Å². The first kappa shape index (κ1) is 59.5. The maximum atomic E-state index is 13.2. The van der Waals surface area contributed by atoms with Crippen LogP contribution in [0.4, 0.5) is 0 Å². The van der Waals surface area contributed by atoms with E-state index in [2.05, 4.69) is 135 Å². The van der Waals surface area contributed by atoms with Crippen molar-refractivity contribution in [2.45, 2.75) is 232 Å². The smallest absolute Gasteiger partial charge is 0.306 e. The summed E-state index contributed by atoms with van der Waals surface area (Å²) in [5.41, 5.74) is 0. The summed E-state index contributed by atoms with van der Waals surface area (Å²) in [6, 6.07) is -0.731. The Kier molecular flexibility index (Phi) is 46.8. The number of rotatable bonds is 44. The Bertz CT molecular complexity index is 1300. The quantitative estimate of drug-likeness (QED) is 0.0245. The first-order chi connectivity index (χ1) is 31.0. The Hall–Kier alpha value is -3.48. The molecule has 0 radical (unpaired) electrons. The fourth-order valence-electron chi connectivity index (χ4n) is 7.06. The van der Waals surface area contributed by atoms with Gasteiger partial charge >= 0.3 is 5.97 Å². The van der Waals surface area contributed by atoms with Gasteiger partial charge in [-0.05, 0) is 89.9 Å². The highest BCUT2D eigenvalue weighted by molar-refractivity contribution is 5.77. The van der Waals surface area contributed by atoms with E-state index in [1.54, 1.807) is 0 Å². The van der Waals surface area contributed by atoms with Crippen molar-refractivity contribution in [1.29, 1.82) is 0 Å². The predicted octanol–water partition coefficient (Wildman–Crippen LogP) is 15.5. The Morgan fingerprint density at radius 3 is 1.49 bits per heavy atom. The first-order valence-corrected chi connectivity index (χ1v) is 25.7. The molecule has 6 nitrogen and oxygen atoms in total. The van der Waals surface area contributed by atoms with E-state index in [0.29, 0.717) is 19.3 Å². The van der Waals surface area contributed by atoms with Crippen LogP contribution >= 0.6 is 0 Å². The molecular formula is C57H95NO5. The molecule has 0 saturated carbocycles. The number of aliphatic hydroxyl groups is 2. The molecule has 358 valence electrons. The summed E-state index contributed by atoms with van der Waals surface area (Å²) in [4.78, 5) is 26.1. The second kappa shape index (κ2) is 49.5. The first-order valence-electron chi connectivity index (χ1n) is 25.7. The maximum Gasteiger partial charge on any atom is 0.306 e. The van der Waals surface area contributed by atoms with E-state index < -0.39 is 18.2 Å². The molecule has 3 N–H and O–H groups in total. The number of nitrogens with one attached hydrogen (secondary N) is 1. The molecule has 0 aliphatic heterocycles. The van der Waals surface area contributed by atoms with Crippen molar-refractivity contribution in [3.05, 3.63) is 109 Å². The summed E-state index contributed by atoms with van der Waals surface area (Å²) in [5.74, 6) is -0.568. The SMILES string of the molecule is CC/C=C\C/C=C\C/C=C\C/C=C\C/C=C\CCCC(CC(=O)NC(CO)C(O)CCCCCCCCCCC)OC(=O)CCCCCCC/C=C/C=C/C=C/C=C/CCCCC. The molecule has 0 aromatic carbocycles. The molecule has 0 bridgehead atoms. The van der Waals surface area contributed by atoms with Crippen LogP contribution in [0.1, 0.15) is 213 Å². The highest BCUT2D eigenvalue weighted by Crippen LogP contribution is 2.16. The molecule has 1 amide bonds. The second-order valence-electron chi connectivity index (χ2n) is 16.9. The van der Waals surface area contributed by atoms with E-state index >= 15 is 0 Å². The van der Waals surface area contributed by atoms with Crippen LogP contribution in [0.25, 0.3) is 0 Å². The second-order valence-corrected chi connectivity index (χ2v) is 16.9. The molecule has 6 heteroatoms. The lowest BCUT2D eigenvalue weighted by atomic mass is 10.0. The highest BCUT2D eigenvalue weighted by atomic mass is 16.5. The maximum absolute atomic E-state index is 13.2. The summed E-state index contributed by atoms with van der Waals surface area (Å²) in [5, 5.41) is 23.7. The van der Waals surface area contributed by atoms with Crippen molar-refractivity contribution in [2.75, 3.05) is 6.61 Å². The topological polar surface area (TPSA) is 95.9 Å². The van der Waals surface area contributed by atoms with Crippen LogP contribution in [0.5, 0.6) is 0 Å². The number of hydrogen-bond donors (Lipinski definition) is 3. The van der Waals surface area contributed by atoms with E-state index in [-0.39, 0.29) is 24.9 Å². The number of esters is 1. The average molecular weight is 874 g/mol. The number of aliphatic hydroxyl groups excluding tert-OH is 2. The lowest BCUT2D eigenvalue weighted by Crippen LogP contribution is -2.46. The van der Waals surface area contributed by atoms with E-state index in [9.17, 15) is 19.8 Å². The van der Waals surface area contributed by atoms with Gasteiger partial charge in [0.1, 0.15) is 6.10 Å². The summed E-state index contributed by atoms with van der Waals surface area (Å²) >= 11 is 0. The van der Waals surface area contributed by atoms with Gasteiger partial charge in [0, 0.05) is 6.42 Å². The van der Waals surface area contributed by atoms with E-state index in [1.165, 1.54) is 57.8 Å².